The molecule has 0 saturated heterocycles. The number of hydrogen-bond acceptors (Lipinski definition) is 5. The highest BCUT2D eigenvalue weighted by Crippen LogP contribution is 2.24. The molecule has 0 saturated carbocycles. The molecule has 0 spiro atoms. The third-order valence-corrected chi connectivity index (χ3v) is 3.63. The first-order valence-electron chi connectivity index (χ1n) is 6.37. The molecule has 0 radical (unpaired) electrons. The maximum Gasteiger partial charge on any atom is 0.326 e. The van der Waals surface area contributed by atoms with Gasteiger partial charge in [-0.15, -0.1) is 18.3 Å². The van der Waals surface area contributed by atoms with Gasteiger partial charge in [0.25, 0.3) is 11.6 Å². The number of nitrogens with one attached hydrogen (secondary N) is 1. The molecule has 1 unspecified atom stereocenters. The Kier molecular flexibility index (Phi) is 6.58. The lowest BCUT2D eigenvalue weighted by Gasteiger charge is -2.14. The maximum absolute atomic E-state index is 12.2. The summed E-state index contributed by atoms with van der Waals surface area (Å²) in [4.78, 5) is 34.3. The number of hydrogen-bond donors (Lipinski definition) is 2. The van der Waals surface area contributed by atoms with Gasteiger partial charge in [-0.2, -0.15) is 0 Å². The van der Waals surface area contributed by atoms with Crippen LogP contribution in [-0.2, 0) is 4.79 Å². The third-order valence-electron chi connectivity index (χ3n) is 2.91. The molecule has 8 heteroatoms. The summed E-state index contributed by atoms with van der Waals surface area (Å²) >= 11 is 1.33. The summed E-state index contributed by atoms with van der Waals surface area (Å²) in [5.74, 6) is -1.97. The fourth-order valence-electron chi connectivity index (χ4n) is 1.76. The average Bonchev–Trinajstić information content (AvgIpc) is 2.49. The zero-order chi connectivity index (χ0) is 16.7. The number of nitrogens with zero attached hydrogens (tertiary/aromatic N) is 1. The second-order valence-corrected chi connectivity index (χ2v) is 5.25. The summed E-state index contributed by atoms with van der Waals surface area (Å²) in [6, 6.07) is 3.03. The Balaban J connectivity index is 3.06. The van der Waals surface area contributed by atoms with E-state index in [0.717, 1.165) is 0 Å². The van der Waals surface area contributed by atoms with Crippen LogP contribution in [0.1, 0.15) is 23.2 Å². The molecule has 7 nitrogen and oxygen atoms in total. The van der Waals surface area contributed by atoms with Gasteiger partial charge in [-0.05, 0) is 31.2 Å². The van der Waals surface area contributed by atoms with Crippen LogP contribution in [0.2, 0.25) is 0 Å². The van der Waals surface area contributed by atoms with Gasteiger partial charge in [0.05, 0.1) is 4.92 Å². The predicted octanol–water partition coefficient (Wildman–Crippen LogP) is 2.47. The second-order valence-electron chi connectivity index (χ2n) is 4.37. The van der Waals surface area contributed by atoms with Gasteiger partial charge in [-0.25, -0.2) is 4.79 Å². The van der Waals surface area contributed by atoms with E-state index in [1.54, 1.807) is 12.3 Å². The number of nitro groups is 1. The number of rotatable bonds is 8. The molecule has 1 aromatic rings. The number of carbonyl (C=O) groups excluding carboxylic acids is 1. The lowest BCUT2D eigenvalue weighted by atomic mass is 10.1. The first-order chi connectivity index (χ1) is 10.4. The molecule has 0 heterocycles. The van der Waals surface area contributed by atoms with Crippen LogP contribution < -0.4 is 5.32 Å². The first kappa shape index (κ1) is 17.7. The Morgan fingerprint density at radius 2 is 2.23 bits per heavy atom. The van der Waals surface area contributed by atoms with E-state index in [-0.39, 0.29) is 17.7 Å². The van der Waals surface area contributed by atoms with Gasteiger partial charge in [-0.3, -0.25) is 14.9 Å². The van der Waals surface area contributed by atoms with Crippen molar-refractivity contribution in [3.8, 4) is 0 Å². The van der Waals surface area contributed by atoms with Crippen LogP contribution in [0, 0.1) is 10.1 Å². The Labute approximate surface area is 131 Å². The number of carboxylic acids is 1. The molecule has 0 aliphatic heterocycles. The molecule has 0 fully saturated rings. The molecule has 0 aliphatic carbocycles. The van der Waals surface area contributed by atoms with E-state index in [9.17, 15) is 19.7 Å². The molecule has 1 atom stereocenters. The SMILES string of the molecule is C=CCCC(NC(=O)c1cc(SC)ccc1[N+](=O)[O-])C(=O)O. The van der Waals surface area contributed by atoms with Gasteiger partial charge in [0.15, 0.2) is 0 Å². The van der Waals surface area contributed by atoms with Crippen molar-refractivity contribution in [2.24, 2.45) is 0 Å². The predicted molar refractivity (Wildman–Crippen MR) is 83.2 cm³/mol. The van der Waals surface area contributed by atoms with Gasteiger partial charge in [-0.1, -0.05) is 6.08 Å². The number of carbonyl (C=O) groups is 2. The normalized spacial score (nSPS) is 11.5. The zero-order valence-corrected chi connectivity index (χ0v) is 12.8. The Morgan fingerprint density at radius 3 is 2.73 bits per heavy atom. The highest BCUT2D eigenvalue weighted by atomic mass is 32.2. The van der Waals surface area contributed by atoms with Gasteiger partial charge in [0, 0.05) is 11.0 Å². The first-order valence-corrected chi connectivity index (χ1v) is 7.60. The Hall–Kier alpha value is -2.35. The molecular weight excluding hydrogens is 308 g/mol. The molecule has 1 aromatic carbocycles. The summed E-state index contributed by atoms with van der Waals surface area (Å²) in [6.07, 6.45) is 3.89. The molecule has 1 amide bonds. The van der Waals surface area contributed by atoms with Crippen LogP contribution in [0.25, 0.3) is 0 Å². The average molecular weight is 324 g/mol. The number of aliphatic carboxylic acids is 1. The summed E-state index contributed by atoms with van der Waals surface area (Å²) < 4.78 is 0. The topological polar surface area (TPSA) is 110 Å². The van der Waals surface area contributed by atoms with E-state index in [2.05, 4.69) is 11.9 Å². The van der Waals surface area contributed by atoms with Gasteiger partial charge in [0.1, 0.15) is 11.6 Å². The molecule has 0 aromatic heterocycles. The highest BCUT2D eigenvalue weighted by molar-refractivity contribution is 7.98. The minimum Gasteiger partial charge on any atom is -0.480 e. The maximum atomic E-state index is 12.2. The molecule has 2 N–H and O–H groups in total. The molecule has 0 aliphatic rings. The summed E-state index contributed by atoms with van der Waals surface area (Å²) in [6.45, 7) is 3.49. The van der Waals surface area contributed by atoms with Gasteiger partial charge >= 0.3 is 5.97 Å². The van der Waals surface area contributed by atoms with Crippen molar-refractivity contribution in [1.82, 2.24) is 5.32 Å². The van der Waals surface area contributed by atoms with Crippen LogP contribution in [-0.4, -0.2) is 34.2 Å². The fourth-order valence-corrected chi connectivity index (χ4v) is 2.20. The lowest BCUT2D eigenvalue weighted by molar-refractivity contribution is -0.385. The largest absolute Gasteiger partial charge is 0.480 e. The highest BCUT2D eigenvalue weighted by Gasteiger charge is 2.25. The van der Waals surface area contributed by atoms with Crippen molar-refractivity contribution >= 4 is 29.3 Å². The van der Waals surface area contributed by atoms with E-state index in [1.165, 1.54) is 30.0 Å². The standard InChI is InChI=1S/C14H16N2O5S/c1-3-4-5-11(14(18)19)15-13(17)10-8-9(22-2)6-7-12(10)16(20)21/h3,6-8,11H,1,4-5H2,2H3,(H,15,17)(H,18,19). The number of thioether (sulfide) groups is 1. The van der Waals surface area contributed by atoms with Crippen LogP contribution in [0.15, 0.2) is 35.7 Å². The van der Waals surface area contributed by atoms with E-state index in [0.29, 0.717) is 11.3 Å². The van der Waals surface area contributed by atoms with Crippen molar-refractivity contribution in [1.29, 1.82) is 0 Å². The van der Waals surface area contributed by atoms with Crippen molar-refractivity contribution < 1.29 is 19.6 Å². The van der Waals surface area contributed by atoms with Crippen molar-refractivity contribution in [2.45, 2.75) is 23.8 Å². The minimum absolute atomic E-state index is 0.151. The zero-order valence-electron chi connectivity index (χ0n) is 11.9. The number of amides is 1. The van der Waals surface area contributed by atoms with Crippen LogP contribution in [0.5, 0.6) is 0 Å². The van der Waals surface area contributed by atoms with Crippen LogP contribution >= 0.6 is 11.8 Å². The molecule has 1 rings (SSSR count). The van der Waals surface area contributed by atoms with E-state index >= 15 is 0 Å². The van der Waals surface area contributed by atoms with Crippen LogP contribution in [0.4, 0.5) is 5.69 Å². The Bertz CT molecular complexity index is 603. The summed E-state index contributed by atoms with van der Waals surface area (Å²) in [5.41, 5.74) is -0.509. The number of allylic oxidation sites excluding steroid dienone is 1. The molecular formula is C14H16N2O5S. The smallest absolute Gasteiger partial charge is 0.326 e. The molecule has 22 heavy (non-hydrogen) atoms. The van der Waals surface area contributed by atoms with Gasteiger partial charge in [0.2, 0.25) is 0 Å². The third kappa shape index (κ3) is 4.59. The second kappa shape index (κ2) is 8.18. The Morgan fingerprint density at radius 1 is 1.55 bits per heavy atom. The monoisotopic (exact) mass is 324 g/mol. The summed E-state index contributed by atoms with van der Waals surface area (Å²) in [7, 11) is 0. The van der Waals surface area contributed by atoms with E-state index in [4.69, 9.17) is 5.11 Å². The van der Waals surface area contributed by atoms with Crippen LogP contribution in [0.3, 0.4) is 0 Å². The van der Waals surface area contributed by atoms with E-state index in [1.807, 2.05) is 0 Å². The minimum atomic E-state index is -1.20. The number of nitro benzene ring substituents is 1. The number of benzene rings is 1. The lowest BCUT2D eigenvalue weighted by Crippen LogP contribution is -2.40. The number of carboxylic acid groups (broad SMARTS) is 1. The van der Waals surface area contributed by atoms with Gasteiger partial charge < -0.3 is 10.4 Å². The molecule has 0 bridgehead atoms. The van der Waals surface area contributed by atoms with Crippen molar-refractivity contribution in [2.75, 3.05) is 6.26 Å². The fraction of sp³-hybridized carbons (Fsp3) is 0.286. The summed E-state index contributed by atoms with van der Waals surface area (Å²) in [5, 5.41) is 22.4. The van der Waals surface area contributed by atoms with Crippen molar-refractivity contribution in [3.63, 3.8) is 0 Å². The van der Waals surface area contributed by atoms with Crippen molar-refractivity contribution in [3.05, 3.63) is 46.5 Å². The molecule has 118 valence electrons. The quantitative estimate of drug-likeness (QED) is 0.329. The van der Waals surface area contributed by atoms with E-state index < -0.39 is 22.8 Å².